The summed E-state index contributed by atoms with van der Waals surface area (Å²) in [6.45, 7) is 0.00879. The SMILES string of the molecule is O=C(N[C@H]1CCCCC/C=C\C2C[C@@]2(C(=O)NNC(=O)c2cccnc2)NC(=O)[C@@H]2C[C@@H](Oc3nc4ccccc4nc3-c3cccs3)CN2C1=O)OC1CCCC1. The summed E-state index contributed by atoms with van der Waals surface area (Å²) in [6, 6.07) is 12.4. The molecule has 15 nitrogen and oxygen atoms in total. The number of hydrogen-bond acceptors (Lipinski definition) is 11. The van der Waals surface area contributed by atoms with Crippen molar-refractivity contribution >= 4 is 52.1 Å². The number of para-hydroxylation sites is 2. The van der Waals surface area contributed by atoms with Crippen molar-refractivity contribution in [1.29, 1.82) is 0 Å². The fourth-order valence-corrected chi connectivity index (χ4v) is 8.80. The van der Waals surface area contributed by atoms with Crippen LogP contribution in [-0.2, 0) is 19.1 Å². The smallest absolute Gasteiger partial charge is 0.408 e. The van der Waals surface area contributed by atoms with Crippen molar-refractivity contribution in [2.75, 3.05) is 6.54 Å². The third-order valence-corrected chi connectivity index (χ3v) is 12.2. The highest BCUT2D eigenvalue weighted by atomic mass is 32.1. The number of amides is 5. The average molecular weight is 807 g/mol. The Morgan fingerprint density at radius 1 is 0.897 bits per heavy atom. The number of nitrogens with zero attached hydrogens (tertiary/aromatic N) is 4. The van der Waals surface area contributed by atoms with Crippen LogP contribution in [0.5, 0.6) is 5.88 Å². The number of thiophene rings is 1. The first-order valence-corrected chi connectivity index (χ1v) is 20.9. The molecular weight excluding hydrogens is 761 g/mol. The molecule has 302 valence electrons. The molecule has 0 spiro atoms. The van der Waals surface area contributed by atoms with E-state index in [4.69, 9.17) is 19.4 Å². The summed E-state index contributed by atoms with van der Waals surface area (Å²) in [5.74, 6) is -2.25. The molecule has 1 aromatic carbocycles. The van der Waals surface area contributed by atoms with Crippen LogP contribution in [0.2, 0.25) is 0 Å². The Hall–Kier alpha value is -5.90. The number of nitrogens with one attached hydrogen (secondary N) is 4. The molecule has 5 amide bonds. The van der Waals surface area contributed by atoms with Gasteiger partial charge in [0.05, 0.1) is 28.0 Å². The molecule has 5 heterocycles. The van der Waals surface area contributed by atoms with Crippen LogP contribution >= 0.6 is 11.3 Å². The molecule has 2 saturated carbocycles. The van der Waals surface area contributed by atoms with E-state index in [-0.39, 0.29) is 36.4 Å². The lowest BCUT2D eigenvalue weighted by Gasteiger charge is -2.30. The van der Waals surface area contributed by atoms with Crippen LogP contribution in [-0.4, -0.2) is 85.9 Å². The highest BCUT2D eigenvalue weighted by Crippen LogP contribution is 2.45. The van der Waals surface area contributed by atoms with Crippen molar-refractivity contribution in [1.82, 2.24) is 41.3 Å². The highest BCUT2D eigenvalue weighted by Gasteiger charge is 2.61. The van der Waals surface area contributed by atoms with Gasteiger partial charge in [-0.25, -0.2) is 14.8 Å². The number of alkyl carbamates (subject to hydrolysis) is 1. The molecule has 1 unspecified atom stereocenters. The molecule has 0 bridgehead atoms. The molecule has 0 radical (unpaired) electrons. The lowest BCUT2D eigenvalue weighted by atomic mass is 10.0. The molecule has 5 atom stereocenters. The van der Waals surface area contributed by atoms with E-state index in [9.17, 15) is 24.0 Å². The lowest BCUT2D eigenvalue weighted by molar-refractivity contribution is -0.141. The van der Waals surface area contributed by atoms with Crippen molar-refractivity contribution in [2.45, 2.75) is 100 Å². The summed E-state index contributed by atoms with van der Waals surface area (Å²) in [5, 5.41) is 7.76. The Morgan fingerprint density at radius 2 is 1.71 bits per heavy atom. The van der Waals surface area contributed by atoms with Gasteiger partial charge in [-0.3, -0.25) is 35.0 Å². The maximum absolute atomic E-state index is 14.7. The number of benzene rings is 1. The van der Waals surface area contributed by atoms with E-state index in [2.05, 4.69) is 26.5 Å². The molecule has 16 heteroatoms. The van der Waals surface area contributed by atoms with Gasteiger partial charge < -0.3 is 25.0 Å². The minimum absolute atomic E-state index is 0.00879. The summed E-state index contributed by atoms with van der Waals surface area (Å²) >= 11 is 1.49. The first kappa shape index (κ1) is 38.9. The van der Waals surface area contributed by atoms with Gasteiger partial charge in [-0.1, -0.05) is 43.2 Å². The Morgan fingerprint density at radius 3 is 2.48 bits per heavy atom. The van der Waals surface area contributed by atoms with Gasteiger partial charge in [0.2, 0.25) is 17.7 Å². The van der Waals surface area contributed by atoms with Crippen molar-refractivity contribution in [3.63, 3.8) is 0 Å². The fourth-order valence-electron chi connectivity index (χ4n) is 8.09. The van der Waals surface area contributed by atoms with Crippen molar-refractivity contribution in [2.24, 2.45) is 5.92 Å². The summed E-state index contributed by atoms with van der Waals surface area (Å²) < 4.78 is 12.3. The third-order valence-electron chi connectivity index (χ3n) is 11.3. The van der Waals surface area contributed by atoms with Gasteiger partial charge in [-0.15, -0.1) is 11.3 Å². The van der Waals surface area contributed by atoms with Gasteiger partial charge in [0.1, 0.15) is 35.5 Å². The zero-order valence-electron chi connectivity index (χ0n) is 31.9. The number of rotatable bonds is 7. The summed E-state index contributed by atoms with van der Waals surface area (Å²) in [5.41, 5.74) is 5.67. The Bertz CT molecular complexity index is 2180. The minimum Gasteiger partial charge on any atom is -0.471 e. The molecule has 3 fully saturated rings. The maximum atomic E-state index is 14.7. The van der Waals surface area contributed by atoms with Gasteiger partial charge in [0.25, 0.3) is 11.8 Å². The number of hydrogen-bond donors (Lipinski definition) is 4. The van der Waals surface area contributed by atoms with Crippen LogP contribution in [0.1, 0.15) is 81.0 Å². The van der Waals surface area contributed by atoms with Gasteiger partial charge in [0, 0.05) is 24.7 Å². The second-order valence-electron chi connectivity index (χ2n) is 15.3. The summed E-state index contributed by atoms with van der Waals surface area (Å²) in [6.07, 6.45) is 12.5. The van der Waals surface area contributed by atoms with Crippen molar-refractivity contribution in [3.05, 3.63) is 84.0 Å². The molecule has 4 aliphatic rings. The van der Waals surface area contributed by atoms with Crippen LogP contribution in [0.15, 0.2) is 78.5 Å². The number of fused-ring (bicyclic) bond motifs is 3. The van der Waals surface area contributed by atoms with E-state index in [1.54, 1.807) is 12.1 Å². The Balaban J connectivity index is 1.08. The number of aromatic nitrogens is 3. The zero-order chi connectivity index (χ0) is 40.1. The number of ether oxygens (including phenoxy) is 2. The molecular formula is C42H46N8O7S. The van der Waals surface area contributed by atoms with E-state index in [1.807, 2.05) is 53.9 Å². The molecule has 4 aromatic rings. The molecule has 8 rings (SSSR count). The second-order valence-corrected chi connectivity index (χ2v) is 16.3. The number of carbonyl (C=O) groups is 5. The van der Waals surface area contributed by atoms with Crippen LogP contribution in [0.25, 0.3) is 21.6 Å². The Kier molecular flexibility index (Phi) is 11.6. The van der Waals surface area contributed by atoms with E-state index >= 15 is 0 Å². The minimum atomic E-state index is -1.39. The monoisotopic (exact) mass is 806 g/mol. The highest BCUT2D eigenvalue weighted by molar-refractivity contribution is 7.13. The molecule has 2 aliphatic carbocycles. The average Bonchev–Trinajstić information content (AvgIpc) is 3.74. The molecule has 3 aromatic heterocycles. The standard InChI is InChI=1S/C42H46N8O7S/c51-36(26-12-10-20-43-24-26)48-49-40(54)42-23-27(42)13-4-2-1-3-5-18-32(46-41(55)57-28-14-6-7-15-28)39(53)50-25-29(22-33(50)37(52)47-42)56-38-35(34-19-11-21-58-34)44-30-16-8-9-17-31(30)45-38/h4,8-13,16-17,19-21,24,27-29,32-33H,1-3,5-7,14-15,18,22-23,25H2,(H,46,55)(H,47,52)(H,48,51)(H,49,54)/b13-4-/t27?,29-,32+,33+,42-/m1/s1. The van der Waals surface area contributed by atoms with Crippen LogP contribution in [0.4, 0.5) is 4.79 Å². The van der Waals surface area contributed by atoms with Gasteiger partial charge in [-0.05, 0) is 87.1 Å². The van der Waals surface area contributed by atoms with Crippen LogP contribution in [0, 0.1) is 5.92 Å². The zero-order valence-corrected chi connectivity index (χ0v) is 32.7. The number of allylic oxidation sites excluding steroid dienone is 1. The van der Waals surface area contributed by atoms with Gasteiger partial charge in [0.15, 0.2) is 0 Å². The molecule has 1 saturated heterocycles. The quantitative estimate of drug-likeness (QED) is 0.146. The Labute approximate surface area is 339 Å². The van der Waals surface area contributed by atoms with E-state index in [0.717, 1.165) is 49.8 Å². The van der Waals surface area contributed by atoms with Crippen molar-refractivity contribution in [3.8, 4) is 16.5 Å². The molecule has 4 N–H and O–H groups in total. The van der Waals surface area contributed by atoms with Crippen LogP contribution in [0.3, 0.4) is 0 Å². The first-order chi connectivity index (χ1) is 28.3. The predicted octanol–water partition coefficient (Wildman–Crippen LogP) is 5.00. The number of carbonyl (C=O) groups excluding carboxylic acids is 5. The van der Waals surface area contributed by atoms with E-state index in [0.29, 0.717) is 36.0 Å². The number of hydrazine groups is 1. The fraction of sp³-hybridized carbons (Fsp3) is 0.429. The third kappa shape index (κ3) is 8.66. The van der Waals surface area contributed by atoms with E-state index < -0.39 is 53.4 Å². The second kappa shape index (κ2) is 17.3. The van der Waals surface area contributed by atoms with E-state index in [1.165, 1.54) is 28.6 Å². The van der Waals surface area contributed by atoms with Crippen LogP contribution < -0.4 is 26.2 Å². The lowest BCUT2D eigenvalue weighted by Crippen LogP contribution is -2.59. The first-order valence-electron chi connectivity index (χ1n) is 20.0. The largest absolute Gasteiger partial charge is 0.471 e. The van der Waals surface area contributed by atoms with Gasteiger partial charge in [-0.2, -0.15) is 0 Å². The summed E-state index contributed by atoms with van der Waals surface area (Å²) in [4.78, 5) is 85.1. The summed E-state index contributed by atoms with van der Waals surface area (Å²) in [7, 11) is 0. The molecule has 2 aliphatic heterocycles. The van der Waals surface area contributed by atoms with Gasteiger partial charge >= 0.3 is 6.09 Å². The maximum Gasteiger partial charge on any atom is 0.408 e. The normalized spacial score (nSPS) is 25.6. The van der Waals surface area contributed by atoms with Crippen molar-refractivity contribution < 1.29 is 33.4 Å². The number of pyridine rings is 1. The predicted molar refractivity (Wildman–Crippen MR) is 214 cm³/mol. The molecule has 58 heavy (non-hydrogen) atoms. The topological polar surface area (TPSA) is 194 Å².